The van der Waals surface area contributed by atoms with Gasteiger partial charge in [0.15, 0.2) is 0 Å². The summed E-state index contributed by atoms with van der Waals surface area (Å²) in [6.45, 7) is 5.04. The first-order valence-corrected chi connectivity index (χ1v) is 9.09. The molecule has 2 aliphatic heterocycles. The fraction of sp³-hybridized carbons (Fsp3) is 0.474. The fourth-order valence-corrected chi connectivity index (χ4v) is 3.83. The quantitative estimate of drug-likeness (QED) is 0.916. The Hall–Kier alpha value is -2.34. The molecule has 6 heteroatoms. The Morgan fingerprint density at radius 2 is 1.64 bits per heavy atom. The standard InChI is InChI=1S/C19H25N5O/c25-14-17-7-4-8-24(17)19-13-18(20-15-21-19)23-11-9-22(10-12-23)16-5-2-1-3-6-16/h1-3,5-6,13,15,17,25H,4,7-12,14H2/t17-/m0/s1. The Labute approximate surface area is 148 Å². The molecule has 0 saturated carbocycles. The summed E-state index contributed by atoms with van der Waals surface area (Å²) in [5, 5.41) is 9.55. The molecular formula is C19H25N5O. The molecule has 25 heavy (non-hydrogen) atoms. The first-order valence-electron chi connectivity index (χ1n) is 9.09. The molecule has 6 nitrogen and oxygen atoms in total. The lowest BCUT2D eigenvalue weighted by atomic mass is 10.2. The second kappa shape index (κ2) is 7.27. The van der Waals surface area contributed by atoms with Crippen molar-refractivity contribution in [1.29, 1.82) is 0 Å². The van der Waals surface area contributed by atoms with Crippen LogP contribution in [0, 0.1) is 0 Å². The van der Waals surface area contributed by atoms with E-state index in [4.69, 9.17) is 0 Å². The first-order chi connectivity index (χ1) is 12.3. The SMILES string of the molecule is OC[C@@H]1CCCN1c1cc(N2CCN(c3ccccc3)CC2)ncn1. The Bertz CT molecular complexity index is 687. The minimum atomic E-state index is 0.190. The maximum atomic E-state index is 9.55. The van der Waals surface area contributed by atoms with E-state index in [1.54, 1.807) is 6.33 Å². The molecule has 0 bridgehead atoms. The topological polar surface area (TPSA) is 55.7 Å². The molecule has 2 aromatic rings. The van der Waals surface area contributed by atoms with Crippen LogP contribution < -0.4 is 14.7 Å². The maximum absolute atomic E-state index is 9.55. The van der Waals surface area contributed by atoms with Gasteiger partial charge in [0.05, 0.1) is 12.6 Å². The summed E-state index contributed by atoms with van der Waals surface area (Å²) in [6, 6.07) is 12.8. The van der Waals surface area contributed by atoms with Crippen LogP contribution >= 0.6 is 0 Å². The monoisotopic (exact) mass is 339 g/mol. The smallest absolute Gasteiger partial charge is 0.134 e. The highest BCUT2D eigenvalue weighted by molar-refractivity contribution is 5.53. The third-order valence-corrected chi connectivity index (χ3v) is 5.25. The van der Waals surface area contributed by atoms with Crippen molar-refractivity contribution in [3.05, 3.63) is 42.7 Å². The Kier molecular flexibility index (Phi) is 4.70. The van der Waals surface area contributed by atoms with Crippen LogP contribution in [-0.4, -0.2) is 60.4 Å². The van der Waals surface area contributed by atoms with E-state index < -0.39 is 0 Å². The van der Waals surface area contributed by atoms with Crippen LogP contribution in [0.15, 0.2) is 42.7 Å². The number of aromatic nitrogens is 2. The van der Waals surface area contributed by atoms with Crippen molar-refractivity contribution in [2.24, 2.45) is 0 Å². The molecule has 0 aliphatic carbocycles. The highest BCUT2D eigenvalue weighted by atomic mass is 16.3. The highest BCUT2D eigenvalue weighted by Crippen LogP contribution is 2.26. The van der Waals surface area contributed by atoms with Crippen LogP contribution in [0.4, 0.5) is 17.3 Å². The molecule has 0 radical (unpaired) electrons. The molecule has 3 heterocycles. The van der Waals surface area contributed by atoms with Crippen molar-refractivity contribution in [3.8, 4) is 0 Å². The van der Waals surface area contributed by atoms with Crippen LogP contribution in [0.1, 0.15) is 12.8 Å². The molecular weight excluding hydrogens is 314 g/mol. The van der Waals surface area contributed by atoms with Crippen LogP contribution in [0.2, 0.25) is 0 Å². The number of rotatable bonds is 4. The largest absolute Gasteiger partial charge is 0.394 e. The summed E-state index contributed by atoms with van der Waals surface area (Å²) >= 11 is 0. The van der Waals surface area contributed by atoms with E-state index >= 15 is 0 Å². The van der Waals surface area contributed by atoms with Gasteiger partial charge >= 0.3 is 0 Å². The van der Waals surface area contributed by atoms with E-state index in [-0.39, 0.29) is 12.6 Å². The lowest BCUT2D eigenvalue weighted by Crippen LogP contribution is -2.47. The summed E-state index contributed by atoms with van der Waals surface area (Å²) in [5.74, 6) is 1.92. The van der Waals surface area contributed by atoms with Gasteiger partial charge in [-0.2, -0.15) is 0 Å². The van der Waals surface area contributed by atoms with Gasteiger partial charge in [0.2, 0.25) is 0 Å². The van der Waals surface area contributed by atoms with E-state index in [0.717, 1.165) is 57.2 Å². The van der Waals surface area contributed by atoms with Crippen molar-refractivity contribution in [1.82, 2.24) is 9.97 Å². The summed E-state index contributed by atoms with van der Waals surface area (Å²) in [7, 11) is 0. The number of aliphatic hydroxyl groups is 1. The van der Waals surface area contributed by atoms with Crippen molar-refractivity contribution >= 4 is 17.3 Å². The molecule has 1 N–H and O–H groups in total. The van der Waals surface area contributed by atoms with Gasteiger partial charge < -0.3 is 19.8 Å². The van der Waals surface area contributed by atoms with E-state index in [9.17, 15) is 5.11 Å². The Balaban J connectivity index is 1.44. The molecule has 0 amide bonds. The van der Waals surface area contributed by atoms with E-state index in [1.807, 2.05) is 0 Å². The van der Waals surface area contributed by atoms with Crippen LogP contribution in [0.25, 0.3) is 0 Å². The van der Waals surface area contributed by atoms with Gasteiger partial charge in [0.25, 0.3) is 0 Å². The molecule has 0 unspecified atom stereocenters. The van der Waals surface area contributed by atoms with E-state index in [2.05, 4.69) is 61.1 Å². The van der Waals surface area contributed by atoms with Gasteiger partial charge in [-0.25, -0.2) is 9.97 Å². The number of anilines is 3. The minimum Gasteiger partial charge on any atom is -0.394 e. The van der Waals surface area contributed by atoms with E-state index in [0.29, 0.717) is 0 Å². The first kappa shape index (κ1) is 16.1. The van der Waals surface area contributed by atoms with Crippen molar-refractivity contribution in [2.45, 2.75) is 18.9 Å². The molecule has 2 saturated heterocycles. The molecule has 2 aliphatic rings. The second-order valence-electron chi connectivity index (χ2n) is 6.72. The number of nitrogens with zero attached hydrogens (tertiary/aromatic N) is 5. The van der Waals surface area contributed by atoms with Crippen LogP contribution in [0.5, 0.6) is 0 Å². The molecule has 0 spiro atoms. The zero-order valence-corrected chi connectivity index (χ0v) is 14.5. The van der Waals surface area contributed by atoms with Gasteiger partial charge in [-0.05, 0) is 25.0 Å². The Morgan fingerprint density at radius 3 is 2.40 bits per heavy atom. The van der Waals surface area contributed by atoms with Crippen molar-refractivity contribution in [2.75, 3.05) is 54.0 Å². The average molecular weight is 339 g/mol. The molecule has 132 valence electrons. The normalized spacial score (nSPS) is 21.0. The lowest BCUT2D eigenvalue weighted by Gasteiger charge is -2.37. The third-order valence-electron chi connectivity index (χ3n) is 5.25. The summed E-state index contributed by atoms with van der Waals surface area (Å²) in [4.78, 5) is 15.9. The number of hydrogen-bond donors (Lipinski definition) is 1. The predicted octanol–water partition coefficient (Wildman–Crippen LogP) is 1.76. The highest BCUT2D eigenvalue weighted by Gasteiger charge is 2.26. The maximum Gasteiger partial charge on any atom is 0.134 e. The fourth-order valence-electron chi connectivity index (χ4n) is 3.83. The molecule has 1 atom stereocenters. The number of para-hydroxylation sites is 1. The van der Waals surface area contributed by atoms with Gasteiger partial charge in [-0.3, -0.25) is 0 Å². The zero-order valence-electron chi connectivity index (χ0n) is 14.5. The predicted molar refractivity (Wildman–Crippen MR) is 100 cm³/mol. The van der Waals surface area contributed by atoms with E-state index in [1.165, 1.54) is 5.69 Å². The molecule has 1 aromatic carbocycles. The number of hydrogen-bond acceptors (Lipinski definition) is 6. The number of benzene rings is 1. The Morgan fingerprint density at radius 1 is 0.920 bits per heavy atom. The third kappa shape index (κ3) is 3.39. The second-order valence-corrected chi connectivity index (χ2v) is 6.72. The van der Waals surface area contributed by atoms with Crippen molar-refractivity contribution in [3.63, 3.8) is 0 Å². The molecule has 2 fully saturated rings. The molecule has 4 rings (SSSR count). The van der Waals surface area contributed by atoms with Gasteiger partial charge in [0, 0.05) is 44.5 Å². The molecule has 1 aromatic heterocycles. The summed E-state index contributed by atoms with van der Waals surface area (Å²) in [6.07, 6.45) is 3.80. The minimum absolute atomic E-state index is 0.190. The van der Waals surface area contributed by atoms with Gasteiger partial charge in [0.1, 0.15) is 18.0 Å². The number of piperazine rings is 1. The zero-order chi connectivity index (χ0) is 17.1. The number of aliphatic hydroxyl groups excluding tert-OH is 1. The van der Waals surface area contributed by atoms with Crippen LogP contribution in [0.3, 0.4) is 0 Å². The van der Waals surface area contributed by atoms with Crippen molar-refractivity contribution < 1.29 is 5.11 Å². The average Bonchev–Trinajstić information content (AvgIpc) is 3.18. The summed E-state index contributed by atoms with van der Waals surface area (Å²) in [5.41, 5.74) is 1.29. The van der Waals surface area contributed by atoms with Gasteiger partial charge in [-0.1, -0.05) is 18.2 Å². The lowest BCUT2D eigenvalue weighted by molar-refractivity contribution is 0.266. The summed E-state index contributed by atoms with van der Waals surface area (Å²) < 4.78 is 0. The van der Waals surface area contributed by atoms with Crippen LogP contribution in [-0.2, 0) is 0 Å². The van der Waals surface area contributed by atoms with Gasteiger partial charge in [-0.15, -0.1) is 0 Å².